The highest BCUT2D eigenvalue weighted by Crippen LogP contribution is 2.31. The largest absolute Gasteiger partial charge is 0.339 e. The normalized spacial score (nSPS) is 10.8. The van der Waals surface area contributed by atoms with Crippen LogP contribution in [0.15, 0.2) is 91.1 Å². The highest BCUT2D eigenvalue weighted by molar-refractivity contribution is 7.21. The fourth-order valence-corrected chi connectivity index (χ4v) is 4.28. The summed E-state index contributed by atoms with van der Waals surface area (Å²) in [5, 5.41) is 6.82. The number of hydrogen-bond donors (Lipinski definition) is 2. The van der Waals surface area contributed by atoms with Gasteiger partial charge in [0, 0.05) is 23.1 Å². The summed E-state index contributed by atoms with van der Waals surface area (Å²) >= 11 is 1.60. The van der Waals surface area contributed by atoms with E-state index in [1.807, 2.05) is 48.5 Å². The summed E-state index contributed by atoms with van der Waals surface area (Å²) in [6, 6.07) is 24.9. The third-order valence-corrected chi connectivity index (χ3v) is 5.89. The first-order chi connectivity index (χ1) is 15.7. The number of hydrogen-bond acceptors (Lipinski definition) is 5. The predicted molar refractivity (Wildman–Crippen MR) is 127 cm³/mol. The predicted octanol–water partition coefficient (Wildman–Crippen LogP) is 6.49. The Morgan fingerprint density at radius 3 is 2.59 bits per heavy atom. The number of para-hydroxylation sites is 1. The number of halogens is 1. The van der Waals surface area contributed by atoms with E-state index in [0.29, 0.717) is 22.8 Å². The highest BCUT2D eigenvalue weighted by atomic mass is 32.1. The molecule has 0 aliphatic rings. The minimum atomic E-state index is -0.372. The van der Waals surface area contributed by atoms with E-state index in [0.717, 1.165) is 20.8 Å². The first kappa shape index (κ1) is 19.8. The molecule has 5 rings (SSSR count). The number of fused-ring (bicyclic) bond motifs is 1. The van der Waals surface area contributed by atoms with Crippen LogP contribution in [0.3, 0.4) is 0 Å². The van der Waals surface area contributed by atoms with Crippen LogP contribution in [0.5, 0.6) is 0 Å². The Bertz CT molecular complexity index is 1400. The van der Waals surface area contributed by atoms with Gasteiger partial charge in [-0.05, 0) is 54.6 Å². The minimum Gasteiger partial charge on any atom is -0.339 e. The molecule has 0 fully saturated rings. The standard InChI is InChI=1S/C25H17FN4OS/c26-17-7-4-9-19(15-17)28-23-20(10-5-13-27-23)24(31)29-18-8-3-6-16(14-18)25-30-21-11-1-2-12-22(21)32-25/h1-15H,(H,27,28)(H,29,31). The van der Waals surface area contributed by atoms with Gasteiger partial charge in [-0.1, -0.05) is 30.3 Å². The summed E-state index contributed by atoms with van der Waals surface area (Å²) < 4.78 is 14.6. The third-order valence-electron chi connectivity index (χ3n) is 4.80. The number of carbonyl (C=O) groups excluding carboxylic acids is 1. The molecule has 0 spiro atoms. The van der Waals surface area contributed by atoms with Crippen molar-refractivity contribution in [1.29, 1.82) is 0 Å². The molecule has 0 saturated carbocycles. The Morgan fingerprint density at radius 2 is 1.72 bits per heavy atom. The lowest BCUT2D eigenvalue weighted by atomic mass is 10.2. The quantitative estimate of drug-likeness (QED) is 0.328. The molecule has 156 valence electrons. The molecule has 5 nitrogen and oxygen atoms in total. The Balaban J connectivity index is 1.39. The summed E-state index contributed by atoms with van der Waals surface area (Å²) in [5.41, 5.74) is 3.38. The molecule has 0 aliphatic carbocycles. The van der Waals surface area contributed by atoms with E-state index in [2.05, 4.69) is 20.6 Å². The number of benzene rings is 3. The van der Waals surface area contributed by atoms with Gasteiger partial charge in [-0.25, -0.2) is 14.4 Å². The lowest BCUT2D eigenvalue weighted by Crippen LogP contribution is -2.14. The Labute approximate surface area is 187 Å². The lowest BCUT2D eigenvalue weighted by molar-refractivity contribution is 0.102. The van der Waals surface area contributed by atoms with Crippen LogP contribution in [-0.2, 0) is 0 Å². The number of amides is 1. The first-order valence-electron chi connectivity index (χ1n) is 9.91. The molecule has 7 heteroatoms. The van der Waals surface area contributed by atoms with Gasteiger partial charge in [0.2, 0.25) is 0 Å². The van der Waals surface area contributed by atoms with E-state index in [4.69, 9.17) is 0 Å². The summed E-state index contributed by atoms with van der Waals surface area (Å²) in [6.45, 7) is 0. The van der Waals surface area contributed by atoms with Gasteiger partial charge in [-0.15, -0.1) is 11.3 Å². The average molecular weight is 441 g/mol. The van der Waals surface area contributed by atoms with Gasteiger partial charge >= 0.3 is 0 Å². The maximum Gasteiger partial charge on any atom is 0.259 e. The molecule has 0 atom stereocenters. The zero-order valence-electron chi connectivity index (χ0n) is 16.7. The Kier molecular flexibility index (Phi) is 5.31. The number of nitrogens with zero attached hydrogens (tertiary/aromatic N) is 2. The van der Waals surface area contributed by atoms with E-state index in [1.165, 1.54) is 12.1 Å². The number of anilines is 3. The Morgan fingerprint density at radius 1 is 0.875 bits per heavy atom. The molecule has 5 aromatic rings. The number of pyridine rings is 1. The molecule has 2 aromatic heterocycles. The summed E-state index contributed by atoms with van der Waals surface area (Å²) in [6.07, 6.45) is 1.58. The Hall–Kier alpha value is -4.10. The fourth-order valence-electron chi connectivity index (χ4n) is 3.32. The highest BCUT2D eigenvalue weighted by Gasteiger charge is 2.14. The number of thiazole rings is 1. The summed E-state index contributed by atoms with van der Waals surface area (Å²) in [7, 11) is 0. The minimum absolute atomic E-state index is 0.321. The van der Waals surface area contributed by atoms with Crippen LogP contribution in [0.2, 0.25) is 0 Å². The van der Waals surface area contributed by atoms with Gasteiger partial charge in [0.15, 0.2) is 0 Å². The maximum absolute atomic E-state index is 13.5. The zero-order valence-corrected chi connectivity index (χ0v) is 17.6. The van der Waals surface area contributed by atoms with Crippen molar-refractivity contribution in [2.45, 2.75) is 0 Å². The number of nitrogens with one attached hydrogen (secondary N) is 2. The van der Waals surface area contributed by atoms with Crippen molar-refractivity contribution in [3.05, 3.63) is 103 Å². The second-order valence-electron chi connectivity index (χ2n) is 7.06. The maximum atomic E-state index is 13.5. The van der Waals surface area contributed by atoms with Gasteiger partial charge in [-0.3, -0.25) is 4.79 Å². The summed E-state index contributed by atoms with van der Waals surface area (Å²) in [4.78, 5) is 21.9. The molecule has 2 N–H and O–H groups in total. The van der Waals surface area contributed by atoms with Crippen molar-refractivity contribution in [2.24, 2.45) is 0 Å². The molecule has 0 unspecified atom stereocenters. The second kappa shape index (κ2) is 8.56. The lowest BCUT2D eigenvalue weighted by Gasteiger charge is -2.12. The van der Waals surface area contributed by atoms with Gasteiger partial charge in [-0.2, -0.15) is 0 Å². The van der Waals surface area contributed by atoms with Crippen LogP contribution in [0.1, 0.15) is 10.4 Å². The van der Waals surface area contributed by atoms with Gasteiger partial charge in [0.05, 0.1) is 15.8 Å². The first-order valence-corrected chi connectivity index (χ1v) is 10.7. The van der Waals surface area contributed by atoms with E-state index in [-0.39, 0.29) is 11.7 Å². The van der Waals surface area contributed by atoms with Gasteiger partial charge in [0.1, 0.15) is 16.6 Å². The molecule has 1 amide bonds. The van der Waals surface area contributed by atoms with Gasteiger partial charge in [0.25, 0.3) is 5.91 Å². The number of rotatable bonds is 5. The van der Waals surface area contributed by atoms with Crippen LogP contribution >= 0.6 is 11.3 Å². The average Bonchev–Trinajstić information content (AvgIpc) is 3.24. The van der Waals surface area contributed by atoms with E-state index >= 15 is 0 Å². The van der Waals surface area contributed by atoms with Crippen molar-refractivity contribution in [1.82, 2.24) is 9.97 Å². The second-order valence-corrected chi connectivity index (χ2v) is 8.09. The monoisotopic (exact) mass is 440 g/mol. The van der Waals surface area contributed by atoms with Crippen LogP contribution in [0.25, 0.3) is 20.8 Å². The van der Waals surface area contributed by atoms with E-state index in [1.54, 1.807) is 41.8 Å². The van der Waals surface area contributed by atoms with Crippen LogP contribution in [0, 0.1) is 5.82 Å². The molecular formula is C25H17FN4OS. The topological polar surface area (TPSA) is 66.9 Å². The molecule has 3 aromatic carbocycles. The summed E-state index contributed by atoms with van der Waals surface area (Å²) in [5.74, 6) is -0.347. The zero-order chi connectivity index (χ0) is 21.9. The molecular weight excluding hydrogens is 423 g/mol. The molecule has 0 saturated heterocycles. The SMILES string of the molecule is O=C(Nc1cccc(-c2nc3ccccc3s2)c1)c1cccnc1Nc1cccc(F)c1. The van der Waals surface area contributed by atoms with Crippen molar-refractivity contribution >= 4 is 44.7 Å². The van der Waals surface area contributed by atoms with Crippen LogP contribution in [0.4, 0.5) is 21.6 Å². The van der Waals surface area contributed by atoms with Crippen molar-refractivity contribution in [2.75, 3.05) is 10.6 Å². The van der Waals surface area contributed by atoms with Crippen LogP contribution in [-0.4, -0.2) is 15.9 Å². The van der Waals surface area contributed by atoms with Crippen molar-refractivity contribution < 1.29 is 9.18 Å². The van der Waals surface area contributed by atoms with Gasteiger partial charge < -0.3 is 10.6 Å². The molecule has 32 heavy (non-hydrogen) atoms. The number of carbonyl (C=O) groups is 1. The smallest absolute Gasteiger partial charge is 0.259 e. The molecule has 0 radical (unpaired) electrons. The molecule has 0 bridgehead atoms. The molecule has 0 aliphatic heterocycles. The third kappa shape index (κ3) is 4.19. The van der Waals surface area contributed by atoms with E-state index in [9.17, 15) is 9.18 Å². The fraction of sp³-hybridized carbons (Fsp3) is 0. The van der Waals surface area contributed by atoms with Crippen molar-refractivity contribution in [3.8, 4) is 10.6 Å². The van der Waals surface area contributed by atoms with Crippen LogP contribution < -0.4 is 10.6 Å². The number of aromatic nitrogens is 2. The van der Waals surface area contributed by atoms with E-state index < -0.39 is 0 Å². The molecule has 2 heterocycles. The van der Waals surface area contributed by atoms with Crippen molar-refractivity contribution in [3.63, 3.8) is 0 Å².